The number of benzene rings is 1. The van der Waals surface area contributed by atoms with Crippen LogP contribution < -0.4 is 10.5 Å². The van der Waals surface area contributed by atoms with Gasteiger partial charge in [0, 0.05) is 11.5 Å². The number of ether oxygens (including phenoxy) is 1. The molecule has 0 saturated heterocycles. The average molecular weight is 291 g/mol. The van der Waals surface area contributed by atoms with Crippen molar-refractivity contribution in [2.45, 2.75) is 46.1 Å². The first-order chi connectivity index (χ1) is 9.41. The Bertz CT molecular complexity index is 587. The molecule has 0 amide bonds. The van der Waals surface area contributed by atoms with Crippen LogP contribution in [0.25, 0.3) is 0 Å². The molecule has 2 N–H and O–H groups in total. The first-order valence-corrected chi connectivity index (χ1v) is 7.52. The average Bonchev–Trinajstić information content (AvgIpc) is 2.80. The lowest BCUT2D eigenvalue weighted by Gasteiger charge is -2.23. The molecule has 1 aromatic carbocycles. The Balaban J connectivity index is 2.25. The molecule has 0 aliphatic carbocycles. The first-order valence-electron chi connectivity index (χ1n) is 6.74. The van der Waals surface area contributed by atoms with Gasteiger partial charge in [0.15, 0.2) is 0 Å². The van der Waals surface area contributed by atoms with E-state index in [1.165, 1.54) is 22.7 Å². The molecule has 0 fully saturated rings. The highest BCUT2D eigenvalue weighted by Crippen LogP contribution is 2.33. The Hall–Kier alpha value is -1.62. The number of rotatable bonds is 4. The number of aryl methyl sites for hydroxylation is 1. The third-order valence-electron chi connectivity index (χ3n) is 3.21. The van der Waals surface area contributed by atoms with Crippen LogP contribution in [0.3, 0.4) is 0 Å². The van der Waals surface area contributed by atoms with Crippen molar-refractivity contribution in [2.75, 3.05) is 5.73 Å². The van der Waals surface area contributed by atoms with Crippen molar-refractivity contribution in [2.24, 2.45) is 0 Å². The van der Waals surface area contributed by atoms with Gasteiger partial charge in [-0.05, 0) is 29.0 Å². The lowest BCUT2D eigenvalue weighted by Crippen LogP contribution is -2.14. The van der Waals surface area contributed by atoms with E-state index < -0.39 is 0 Å². The molecular weight excluding hydrogens is 270 g/mol. The fourth-order valence-electron chi connectivity index (χ4n) is 1.97. The van der Waals surface area contributed by atoms with Gasteiger partial charge < -0.3 is 10.5 Å². The topological polar surface area (TPSA) is 61.0 Å². The van der Waals surface area contributed by atoms with Gasteiger partial charge in [0.25, 0.3) is 0 Å². The molecule has 1 aromatic heterocycles. The molecule has 1 heterocycles. The van der Waals surface area contributed by atoms with Gasteiger partial charge in [-0.1, -0.05) is 44.3 Å². The van der Waals surface area contributed by atoms with E-state index in [0.717, 1.165) is 12.2 Å². The molecule has 0 aliphatic heterocycles. The van der Waals surface area contributed by atoms with Crippen molar-refractivity contribution < 1.29 is 4.74 Å². The maximum atomic E-state index is 5.91. The summed E-state index contributed by atoms with van der Waals surface area (Å²) in [7, 11) is 0. The van der Waals surface area contributed by atoms with Gasteiger partial charge in [0.2, 0.25) is 0 Å². The maximum absolute atomic E-state index is 5.91. The molecule has 0 aliphatic rings. The number of anilines is 1. The Morgan fingerprint density at radius 3 is 2.60 bits per heavy atom. The number of hydrogen-bond acceptors (Lipinski definition) is 5. The molecule has 0 radical (unpaired) electrons. The lowest BCUT2D eigenvalue weighted by molar-refractivity contribution is 0.293. The summed E-state index contributed by atoms with van der Waals surface area (Å²) < 4.78 is 9.73. The quantitative estimate of drug-likeness (QED) is 0.935. The highest BCUT2D eigenvalue weighted by molar-refractivity contribution is 7.09. The highest BCUT2D eigenvalue weighted by Gasteiger charge is 2.20. The van der Waals surface area contributed by atoms with Gasteiger partial charge in [-0.15, -0.1) is 5.10 Å². The van der Waals surface area contributed by atoms with Crippen LogP contribution in [0.5, 0.6) is 5.75 Å². The van der Waals surface area contributed by atoms with E-state index in [0.29, 0.717) is 17.3 Å². The van der Waals surface area contributed by atoms with Crippen LogP contribution in [0.1, 0.15) is 44.5 Å². The van der Waals surface area contributed by atoms with E-state index >= 15 is 0 Å². The first kappa shape index (κ1) is 14.8. The zero-order valence-electron chi connectivity index (χ0n) is 12.4. The lowest BCUT2D eigenvalue weighted by atomic mass is 9.85. The summed E-state index contributed by atoms with van der Waals surface area (Å²) in [4.78, 5) is 0. The molecule has 20 heavy (non-hydrogen) atoms. The fourth-order valence-corrected chi connectivity index (χ4v) is 2.40. The van der Waals surface area contributed by atoms with Gasteiger partial charge in [-0.25, -0.2) is 0 Å². The summed E-state index contributed by atoms with van der Waals surface area (Å²) in [6.45, 7) is 9.08. The second-order valence-electron chi connectivity index (χ2n) is 5.81. The van der Waals surface area contributed by atoms with Crippen LogP contribution >= 0.6 is 11.5 Å². The summed E-state index contributed by atoms with van der Waals surface area (Å²) in [5, 5.41) is 4.59. The molecule has 108 valence electrons. The maximum Gasteiger partial charge on any atom is 0.136 e. The van der Waals surface area contributed by atoms with Crippen molar-refractivity contribution in [1.29, 1.82) is 0 Å². The monoisotopic (exact) mass is 291 g/mol. The minimum atomic E-state index is 0.0341. The smallest absolute Gasteiger partial charge is 0.136 e. The largest absolute Gasteiger partial charge is 0.487 e. The van der Waals surface area contributed by atoms with E-state index in [9.17, 15) is 0 Å². The van der Waals surface area contributed by atoms with Crippen molar-refractivity contribution in [3.05, 3.63) is 35.0 Å². The van der Waals surface area contributed by atoms with Gasteiger partial charge in [-0.2, -0.15) is 0 Å². The number of nitrogens with zero attached hydrogens (tertiary/aromatic N) is 2. The van der Waals surface area contributed by atoms with Gasteiger partial charge in [-0.3, -0.25) is 0 Å². The van der Waals surface area contributed by atoms with Crippen molar-refractivity contribution in [3.8, 4) is 5.75 Å². The summed E-state index contributed by atoms with van der Waals surface area (Å²) in [5.41, 5.74) is 9.05. The van der Waals surface area contributed by atoms with E-state index in [2.05, 4.69) is 49.4 Å². The fraction of sp³-hybridized carbons (Fsp3) is 0.467. The van der Waals surface area contributed by atoms with Crippen molar-refractivity contribution in [3.63, 3.8) is 0 Å². The SMILES string of the molecule is CCc1ccc(OCc2nnsc2N)c(C(C)(C)C)c1. The number of nitrogen functional groups attached to an aromatic ring is 1. The third-order valence-corrected chi connectivity index (χ3v) is 3.81. The van der Waals surface area contributed by atoms with Crippen LogP contribution in [0, 0.1) is 0 Å². The summed E-state index contributed by atoms with van der Waals surface area (Å²) in [6.07, 6.45) is 1.02. The Morgan fingerprint density at radius 2 is 2.05 bits per heavy atom. The third kappa shape index (κ3) is 3.28. The number of nitrogens with two attached hydrogens (primary N) is 1. The predicted molar refractivity (Wildman–Crippen MR) is 83.2 cm³/mol. The van der Waals surface area contributed by atoms with Crippen LogP contribution in [-0.2, 0) is 18.4 Å². The molecule has 4 nitrogen and oxygen atoms in total. The highest BCUT2D eigenvalue weighted by atomic mass is 32.1. The van der Waals surface area contributed by atoms with E-state index in [1.54, 1.807) is 0 Å². The summed E-state index contributed by atoms with van der Waals surface area (Å²) in [5.74, 6) is 0.891. The van der Waals surface area contributed by atoms with E-state index in [1.807, 2.05) is 6.07 Å². The molecule has 0 unspecified atom stereocenters. The van der Waals surface area contributed by atoms with Gasteiger partial charge >= 0.3 is 0 Å². The number of aromatic nitrogens is 2. The predicted octanol–water partition coefficient (Wildman–Crippen LogP) is 3.56. The Kier molecular flexibility index (Phi) is 4.28. The van der Waals surface area contributed by atoms with Crippen LogP contribution in [0.4, 0.5) is 5.00 Å². The molecule has 5 heteroatoms. The van der Waals surface area contributed by atoms with Crippen molar-refractivity contribution in [1.82, 2.24) is 9.59 Å². The zero-order valence-corrected chi connectivity index (χ0v) is 13.3. The second-order valence-corrected chi connectivity index (χ2v) is 6.59. The molecule has 0 atom stereocenters. The Labute approximate surface area is 124 Å². The van der Waals surface area contributed by atoms with Crippen LogP contribution in [0.15, 0.2) is 18.2 Å². The van der Waals surface area contributed by atoms with Crippen LogP contribution in [0.2, 0.25) is 0 Å². The summed E-state index contributed by atoms with van der Waals surface area (Å²) >= 11 is 1.19. The molecule has 2 aromatic rings. The second kappa shape index (κ2) is 5.79. The molecular formula is C15H21N3OS. The number of hydrogen-bond donors (Lipinski definition) is 1. The standard InChI is InChI=1S/C15H21N3OS/c1-5-10-6-7-13(11(8-10)15(2,3)4)19-9-12-14(16)20-18-17-12/h6-8H,5,9,16H2,1-4H3. The molecule has 0 bridgehead atoms. The zero-order chi connectivity index (χ0) is 14.8. The van der Waals surface area contributed by atoms with Crippen molar-refractivity contribution >= 4 is 16.5 Å². The Morgan fingerprint density at radius 1 is 1.30 bits per heavy atom. The minimum absolute atomic E-state index is 0.0341. The molecule has 0 saturated carbocycles. The van der Waals surface area contributed by atoms with E-state index in [4.69, 9.17) is 10.5 Å². The minimum Gasteiger partial charge on any atom is -0.487 e. The summed E-state index contributed by atoms with van der Waals surface area (Å²) in [6, 6.07) is 6.36. The van der Waals surface area contributed by atoms with Gasteiger partial charge in [0.05, 0.1) is 0 Å². The van der Waals surface area contributed by atoms with Gasteiger partial charge in [0.1, 0.15) is 23.1 Å². The molecule has 2 rings (SSSR count). The molecule has 0 spiro atoms. The normalized spacial score (nSPS) is 11.6. The van der Waals surface area contributed by atoms with E-state index in [-0.39, 0.29) is 5.41 Å². The van der Waals surface area contributed by atoms with Crippen LogP contribution in [-0.4, -0.2) is 9.59 Å².